The van der Waals surface area contributed by atoms with Crippen molar-refractivity contribution >= 4 is 22.9 Å². The number of hydrogen-bond donors (Lipinski definition) is 0. The summed E-state index contributed by atoms with van der Waals surface area (Å²) in [7, 11) is 0. The predicted octanol–water partition coefficient (Wildman–Crippen LogP) is 3.77. The molecule has 3 nitrogen and oxygen atoms in total. The standard InChI is InChI=1S/C16H17NO2S/c1-3-10-16(11-4-2)14(18)17(15(19)20-16)12-13-8-6-5-7-9-13/h3-9H,1-2,10-12H2. The summed E-state index contributed by atoms with van der Waals surface area (Å²) in [4.78, 5) is 26.1. The Labute approximate surface area is 123 Å². The first-order valence-electron chi connectivity index (χ1n) is 6.43. The summed E-state index contributed by atoms with van der Waals surface area (Å²) < 4.78 is -0.755. The molecule has 1 aliphatic heterocycles. The first-order chi connectivity index (χ1) is 9.63. The van der Waals surface area contributed by atoms with Crippen molar-refractivity contribution in [2.45, 2.75) is 24.1 Å². The molecular formula is C16H17NO2S. The van der Waals surface area contributed by atoms with Crippen LogP contribution in [0.5, 0.6) is 0 Å². The Kier molecular flexibility index (Phi) is 4.45. The highest BCUT2D eigenvalue weighted by molar-refractivity contribution is 8.16. The topological polar surface area (TPSA) is 37.4 Å². The Balaban J connectivity index is 2.23. The molecule has 1 saturated heterocycles. The number of allylic oxidation sites excluding steroid dienone is 2. The molecule has 0 atom stereocenters. The van der Waals surface area contributed by atoms with Gasteiger partial charge in [0, 0.05) is 0 Å². The second-order valence-corrected chi connectivity index (χ2v) is 6.06. The van der Waals surface area contributed by atoms with Crippen LogP contribution in [0.4, 0.5) is 4.79 Å². The van der Waals surface area contributed by atoms with Gasteiger partial charge in [-0.15, -0.1) is 13.2 Å². The van der Waals surface area contributed by atoms with Gasteiger partial charge in [0.1, 0.15) is 4.75 Å². The second-order valence-electron chi connectivity index (χ2n) is 4.72. The van der Waals surface area contributed by atoms with Crippen LogP contribution in [0.15, 0.2) is 55.6 Å². The van der Waals surface area contributed by atoms with E-state index in [1.165, 1.54) is 4.90 Å². The Morgan fingerprint density at radius 2 is 1.70 bits per heavy atom. The van der Waals surface area contributed by atoms with Gasteiger partial charge in [-0.2, -0.15) is 0 Å². The minimum Gasteiger partial charge on any atom is -0.273 e. The Bertz CT molecular complexity index is 529. The van der Waals surface area contributed by atoms with Gasteiger partial charge >= 0.3 is 0 Å². The fraction of sp³-hybridized carbons (Fsp3) is 0.250. The molecule has 1 fully saturated rings. The van der Waals surface area contributed by atoms with Crippen LogP contribution in [0.1, 0.15) is 18.4 Å². The molecule has 0 unspecified atom stereocenters. The lowest BCUT2D eigenvalue weighted by Crippen LogP contribution is -2.38. The first kappa shape index (κ1) is 14.6. The van der Waals surface area contributed by atoms with Gasteiger partial charge in [-0.25, -0.2) is 0 Å². The van der Waals surface area contributed by atoms with Crippen LogP contribution in [-0.2, 0) is 11.3 Å². The summed E-state index contributed by atoms with van der Waals surface area (Å²) in [6, 6.07) is 9.52. The van der Waals surface area contributed by atoms with E-state index < -0.39 is 4.75 Å². The van der Waals surface area contributed by atoms with E-state index in [0.29, 0.717) is 19.4 Å². The van der Waals surface area contributed by atoms with Gasteiger partial charge in [-0.3, -0.25) is 14.5 Å². The average Bonchev–Trinajstić information content (AvgIpc) is 2.66. The van der Waals surface area contributed by atoms with Gasteiger partial charge in [0.25, 0.3) is 5.24 Å². The number of carbonyl (C=O) groups is 2. The zero-order chi connectivity index (χ0) is 14.6. The fourth-order valence-corrected chi connectivity index (χ4v) is 3.50. The summed E-state index contributed by atoms with van der Waals surface area (Å²) in [6.45, 7) is 7.70. The van der Waals surface area contributed by atoms with Crippen LogP contribution in [-0.4, -0.2) is 20.8 Å². The van der Waals surface area contributed by atoms with E-state index in [4.69, 9.17) is 0 Å². The molecule has 0 saturated carbocycles. The van der Waals surface area contributed by atoms with E-state index in [0.717, 1.165) is 17.3 Å². The molecule has 0 spiro atoms. The minimum absolute atomic E-state index is 0.142. The Morgan fingerprint density at radius 1 is 1.10 bits per heavy atom. The SMILES string of the molecule is C=CCC1(CC=C)SC(=O)N(Cc2ccccc2)C1=O. The molecule has 0 aliphatic carbocycles. The molecule has 1 aliphatic rings. The summed E-state index contributed by atoms with van der Waals surface area (Å²) in [5.41, 5.74) is 0.947. The lowest BCUT2D eigenvalue weighted by Gasteiger charge is -2.22. The van der Waals surface area contributed by atoms with Crippen LogP contribution in [0.25, 0.3) is 0 Å². The van der Waals surface area contributed by atoms with E-state index in [-0.39, 0.29) is 11.1 Å². The largest absolute Gasteiger partial charge is 0.289 e. The summed E-state index contributed by atoms with van der Waals surface area (Å²) in [5.74, 6) is -0.142. The maximum absolute atomic E-state index is 12.6. The molecule has 0 N–H and O–H groups in total. The number of hydrogen-bond acceptors (Lipinski definition) is 3. The van der Waals surface area contributed by atoms with Crippen LogP contribution in [0, 0.1) is 0 Å². The highest BCUT2D eigenvalue weighted by Gasteiger charge is 2.50. The molecule has 0 bridgehead atoms. The monoisotopic (exact) mass is 287 g/mol. The van der Waals surface area contributed by atoms with Gasteiger partial charge < -0.3 is 0 Å². The third kappa shape index (κ3) is 2.70. The van der Waals surface area contributed by atoms with E-state index in [1.54, 1.807) is 12.2 Å². The zero-order valence-electron chi connectivity index (χ0n) is 11.2. The summed E-state index contributed by atoms with van der Waals surface area (Å²) >= 11 is 1.09. The van der Waals surface area contributed by atoms with Gasteiger partial charge in [0.2, 0.25) is 5.91 Å². The number of nitrogens with zero attached hydrogens (tertiary/aromatic N) is 1. The molecule has 104 valence electrons. The van der Waals surface area contributed by atoms with Gasteiger partial charge in [-0.05, 0) is 30.2 Å². The van der Waals surface area contributed by atoms with E-state index in [1.807, 2.05) is 30.3 Å². The van der Waals surface area contributed by atoms with E-state index in [2.05, 4.69) is 13.2 Å². The van der Waals surface area contributed by atoms with Crippen molar-refractivity contribution in [3.05, 3.63) is 61.2 Å². The van der Waals surface area contributed by atoms with Crippen molar-refractivity contribution < 1.29 is 9.59 Å². The smallest absolute Gasteiger partial charge is 0.273 e. The van der Waals surface area contributed by atoms with Crippen molar-refractivity contribution in [3.63, 3.8) is 0 Å². The molecule has 2 amide bonds. The highest BCUT2D eigenvalue weighted by Crippen LogP contribution is 2.43. The second kappa shape index (κ2) is 6.09. The number of carbonyl (C=O) groups excluding carboxylic acids is 2. The lowest BCUT2D eigenvalue weighted by molar-refractivity contribution is -0.129. The zero-order valence-corrected chi connectivity index (χ0v) is 12.1. The number of amides is 2. The van der Waals surface area contributed by atoms with Crippen LogP contribution in [0.3, 0.4) is 0 Å². The molecule has 1 heterocycles. The maximum Gasteiger partial charge on any atom is 0.289 e. The highest BCUT2D eigenvalue weighted by atomic mass is 32.2. The van der Waals surface area contributed by atoms with Crippen molar-refractivity contribution in [3.8, 4) is 0 Å². The van der Waals surface area contributed by atoms with Crippen molar-refractivity contribution in [1.82, 2.24) is 4.90 Å². The van der Waals surface area contributed by atoms with Crippen molar-refractivity contribution in [2.75, 3.05) is 0 Å². The average molecular weight is 287 g/mol. The summed E-state index contributed by atoms with van der Waals surface area (Å²) in [5, 5.41) is -0.192. The molecule has 4 heteroatoms. The minimum atomic E-state index is -0.755. The lowest BCUT2D eigenvalue weighted by atomic mass is 9.98. The predicted molar refractivity (Wildman–Crippen MR) is 82.3 cm³/mol. The first-order valence-corrected chi connectivity index (χ1v) is 7.25. The third-order valence-corrected chi connectivity index (χ3v) is 4.56. The van der Waals surface area contributed by atoms with E-state index >= 15 is 0 Å². The molecule has 0 aromatic heterocycles. The van der Waals surface area contributed by atoms with Crippen molar-refractivity contribution in [1.29, 1.82) is 0 Å². The fourth-order valence-electron chi connectivity index (χ4n) is 2.30. The Morgan fingerprint density at radius 3 is 2.25 bits per heavy atom. The van der Waals surface area contributed by atoms with Gasteiger partial charge in [-0.1, -0.05) is 42.5 Å². The molecule has 0 radical (unpaired) electrons. The quantitative estimate of drug-likeness (QED) is 0.747. The van der Waals surface area contributed by atoms with Crippen LogP contribution in [0.2, 0.25) is 0 Å². The molecule has 1 aromatic rings. The van der Waals surface area contributed by atoms with Crippen molar-refractivity contribution in [2.24, 2.45) is 0 Å². The number of imide groups is 1. The Hall–Kier alpha value is -1.81. The maximum atomic E-state index is 12.6. The molecular weight excluding hydrogens is 270 g/mol. The van der Waals surface area contributed by atoms with Crippen LogP contribution >= 0.6 is 11.8 Å². The van der Waals surface area contributed by atoms with Crippen LogP contribution < -0.4 is 0 Å². The molecule has 1 aromatic carbocycles. The number of rotatable bonds is 6. The third-order valence-electron chi connectivity index (χ3n) is 3.27. The summed E-state index contributed by atoms with van der Waals surface area (Å²) in [6.07, 6.45) is 4.32. The molecule has 2 rings (SSSR count). The van der Waals surface area contributed by atoms with E-state index in [9.17, 15) is 9.59 Å². The van der Waals surface area contributed by atoms with Gasteiger partial charge in [0.15, 0.2) is 0 Å². The molecule has 20 heavy (non-hydrogen) atoms. The number of benzene rings is 1. The number of thioether (sulfide) groups is 1. The normalized spacial score (nSPS) is 17.3. The van der Waals surface area contributed by atoms with Gasteiger partial charge in [0.05, 0.1) is 6.54 Å².